The lowest BCUT2D eigenvalue weighted by Crippen LogP contribution is -2.34. The van der Waals surface area contributed by atoms with E-state index in [1.54, 1.807) is 12.1 Å². The molecule has 1 heterocycles. The second-order valence-corrected chi connectivity index (χ2v) is 5.45. The fraction of sp³-hybridized carbons (Fsp3) is 0.500. The summed E-state index contributed by atoms with van der Waals surface area (Å²) in [7, 11) is 0. The number of nitrogens with one attached hydrogen (secondary N) is 1. The van der Waals surface area contributed by atoms with Gasteiger partial charge in [-0.25, -0.2) is 0 Å². The normalized spacial score (nSPS) is 19.2. The first-order valence-corrected chi connectivity index (χ1v) is 7.25. The summed E-state index contributed by atoms with van der Waals surface area (Å²) < 4.78 is 5.50. The Balaban J connectivity index is 2.33. The molecule has 0 amide bonds. The number of ether oxygens (including phenoxy) is 1. The van der Waals surface area contributed by atoms with Gasteiger partial charge in [-0.3, -0.25) is 4.79 Å². The lowest BCUT2D eigenvalue weighted by molar-refractivity contribution is 0.0896. The molecular weight excluding hydrogens is 285 g/mol. The average molecular weight is 302 g/mol. The summed E-state index contributed by atoms with van der Waals surface area (Å²) in [5, 5.41) is 4.09. The summed E-state index contributed by atoms with van der Waals surface area (Å²) in [5.41, 5.74) is 0.494. The molecule has 1 aliphatic rings. The van der Waals surface area contributed by atoms with Gasteiger partial charge in [0.15, 0.2) is 5.78 Å². The molecule has 0 radical (unpaired) electrons. The number of ketones is 1. The van der Waals surface area contributed by atoms with Crippen molar-refractivity contribution >= 4 is 29.0 Å². The van der Waals surface area contributed by atoms with Crippen LogP contribution in [0.2, 0.25) is 10.0 Å². The number of benzene rings is 1. The number of piperidine rings is 1. The van der Waals surface area contributed by atoms with Gasteiger partial charge in [0.1, 0.15) is 5.75 Å². The van der Waals surface area contributed by atoms with Crippen molar-refractivity contribution in [1.29, 1.82) is 0 Å². The first-order chi connectivity index (χ1) is 9.13. The Bertz CT molecular complexity index is 471. The van der Waals surface area contributed by atoms with Gasteiger partial charge in [0.25, 0.3) is 0 Å². The van der Waals surface area contributed by atoms with E-state index in [-0.39, 0.29) is 11.7 Å². The van der Waals surface area contributed by atoms with E-state index in [9.17, 15) is 4.79 Å². The highest BCUT2D eigenvalue weighted by atomic mass is 35.5. The lowest BCUT2D eigenvalue weighted by atomic mass is 9.90. The molecule has 0 aliphatic carbocycles. The molecule has 1 saturated heterocycles. The standard InChI is InChI=1S/C14H17Cl2NO2/c1-2-19-14-11(6-10(15)7-12(14)16)13(18)9-4-3-5-17-8-9/h6-7,9,17H,2-5,8H2,1H3. The van der Waals surface area contributed by atoms with E-state index in [4.69, 9.17) is 27.9 Å². The molecule has 0 saturated carbocycles. The molecule has 1 aromatic rings. The minimum Gasteiger partial charge on any atom is -0.492 e. The SMILES string of the molecule is CCOc1c(Cl)cc(Cl)cc1C(=O)C1CCCNC1. The van der Waals surface area contributed by atoms with E-state index in [2.05, 4.69) is 5.32 Å². The van der Waals surface area contributed by atoms with E-state index in [0.29, 0.717) is 34.5 Å². The zero-order chi connectivity index (χ0) is 13.8. The Morgan fingerprint density at radius 2 is 2.26 bits per heavy atom. The number of Topliss-reactive ketones (excluding diaryl/α,β-unsaturated/α-hetero) is 1. The van der Waals surface area contributed by atoms with Gasteiger partial charge in [-0.15, -0.1) is 0 Å². The van der Waals surface area contributed by atoms with Gasteiger partial charge in [-0.2, -0.15) is 0 Å². The van der Waals surface area contributed by atoms with Crippen LogP contribution in [0.25, 0.3) is 0 Å². The molecule has 104 valence electrons. The van der Waals surface area contributed by atoms with Crippen molar-refractivity contribution in [2.24, 2.45) is 5.92 Å². The van der Waals surface area contributed by atoms with Crippen LogP contribution >= 0.6 is 23.2 Å². The Morgan fingerprint density at radius 3 is 2.89 bits per heavy atom. The van der Waals surface area contributed by atoms with Crippen LogP contribution in [-0.2, 0) is 0 Å². The van der Waals surface area contributed by atoms with Crippen LogP contribution in [0, 0.1) is 5.92 Å². The molecule has 1 aliphatic heterocycles. The van der Waals surface area contributed by atoms with Crippen LogP contribution in [0.3, 0.4) is 0 Å². The first-order valence-electron chi connectivity index (χ1n) is 6.50. The van der Waals surface area contributed by atoms with Crippen molar-refractivity contribution in [1.82, 2.24) is 5.32 Å². The fourth-order valence-electron chi connectivity index (χ4n) is 2.33. The quantitative estimate of drug-likeness (QED) is 0.864. The van der Waals surface area contributed by atoms with E-state index in [0.717, 1.165) is 19.4 Å². The largest absolute Gasteiger partial charge is 0.492 e. The van der Waals surface area contributed by atoms with E-state index in [1.807, 2.05) is 6.92 Å². The zero-order valence-electron chi connectivity index (χ0n) is 10.8. The number of hydrogen-bond acceptors (Lipinski definition) is 3. The maximum absolute atomic E-state index is 12.6. The zero-order valence-corrected chi connectivity index (χ0v) is 12.4. The van der Waals surface area contributed by atoms with Crippen LogP contribution in [0.1, 0.15) is 30.1 Å². The van der Waals surface area contributed by atoms with E-state index < -0.39 is 0 Å². The number of hydrogen-bond donors (Lipinski definition) is 1. The number of halogens is 2. The molecule has 1 atom stereocenters. The Kier molecular flexibility index (Phi) is 5.08. The molecule has 1 N–H and O–H groups in total. The maximum Gasteiger partial charge on any atom is 0.171 e. The first kappa shape index (κ1) is 14.6. The molecule has 5 heteroatoms. The topological polar surface area (TPSA) is 38.3 Å². The average Bonchev–Trinajstić information content (AvgIpc) is 2.42. The van der Waals surface area contributed by atoms with Crippen molar-refractivity contribution in [3.63, 3.8) is 0 Å². The summed E-state index contributed by atoms with van der Waals surface area (Å²) in [6.45, 7) is 4.00. The summed E-state index contributed by atoms with van der Waals surface area (Å²) >= 11 is 12.1. The highest BCUT2D eigenvalue weighted by Crippen LogP contribution is 2.34. The van der Waals surface area contributed by atoms with E-state index in [1.165, 1.54) is 0 Å². The molecule has 1 fully saturated rings. The minimum absolute atomic E-state index is 0.0255. The smallest absolute Gasteiger partial charge is 0.171 e. The van der Waals surface area contributed by atoms with Gasteiger partial charge in [0.2, 0.25) is 0 Å². The van der Waals surface area contributed by atoms with Crippen LogP contribution in [0.4, 0.5) is 0 Å². The number of carbonyl (C=O) groups is 1. The molecule has 1 unspecified atom stereocenters. The molecular formula is C14H17Cl2NO2. The highest BCUT2D eigenvalue weighted by molar-refractivity contribution is 6.36. The molecule has 2 rings (SSSR count). The third-order valence-electron chi connectivity index (χ3n) is 3.23. The van der Waals surface area contributed by atoms with Crippen molar-refractivity contribution < 1.29 is 9.53 Å². The maximum atomic E-state index is 12.6. The van der Waals surface area contributed by atoms with Crippen molar-refractivity contribution in [3.05, 3.63) is 27.7 Å². The van der Waals surface area contributed by atoms with Gasteiger partial charge in [-0.05, 0) is 38.4 Å². The Labute approximate surface area is 123 Å². The second kappa shape index (κ2) is 6.60. The highest BCUT2D eigenvalue weighted by Gasteiger charge is 2.26. The summed E-state index contributed by atoms with van der Waals surface area (Å²) in [6, 6.07) is 3.25. The van der Waals surface area contributed by atoms with Gasteiger partial charge in [0.05, 0.1) is 17.2 Å². The lowest BCUT2D eigenvalue weighted by Gasteiger charge is -2.22. The van der Waals surface area contributed by atoms with Crippen LogP contribution in [-0.4, -0.2) is 25.5 Å². The van der Waals surface area contributed by atoms with E-state index >= 15 is 0 Å². The third kappa shape index (κ3) is 3.41. The summed E-state index contributed by atoms with van der Waals surface area (Å²) in [5.74, 6) is 0.478. The van der Waals surface area contributed by atoms with Gasteiger partial charge < -0.3 is 10.1 Å². The molecule has 0 spiro atoms. The van der Waals surface area contributed by atoms with Crippen molar-refractivity contribution in [2.75, 3.05) is 19.7 Å². The number of rotatable bonds is 4. The van der Waals surface area contributed by atoms with Crippen molar-refractivity contribution in [2.45, 2.75) is 19.8 Å². The van der Waals surface area contributed by atoms with Gasteiger partial charge in [0, 0.05) is 17.5 Å². The monoisotopic (exact) mass is 301 g/mol. The summed E-state index contributed by atoms with van der Waals surface area (Å²) in [4.78, 5) is 12.6. The van der Waals surface area contributed by atoms with Crippen LogP contribution in [0.15, 0.2) is 12.1 Å². The Hall–Kier alpha value is -0.770. The second-order valence-electron chi connectivity index (χ2n) is 4.60. The van der Waals surface area contributed by atoms with Gasteiger partial charge in [-0.1, -0.05) is 23.2 Å². The summed E-state index contributed by atoms with van der Waals surface area (Å²) in [6.07, 6.45) is 1.90. The molecule has 19 heavy (non-hydrogen) atoms. The van der Waals surface area contributed by atoms with Crippen molar-refractivity contribution in [3.8, 4) is 5.75 Å². The molecule has 3 nitrogen and oxygen atoms in total. The minimum atomic E-state index is -0.0255. The predicted molar refractivity (Wildman–Crippen MR) is 77.6 cm³/mol. The molecule has 0 bridgehead atoms. The third-order valence-corrected chi connectivity index (χ3v) is 3.73. The Morgan fingerprint density at radius 1 is 1.47 bits per heavy atom. The predicted octanol–water partition coefficient (Wildman–Crippen LogP) is 3.57. The fourth-order valence-corrected chi connectivity index (χ4v) is 2.88. The number of carbonyl (C=O) groups excluding carboxylic acids is 1. The van der Waals surface area contributed by atoms with Gasteiger partial charge >= 0.3 is 0 Å². The molecule has 1 aromatic carbocycles. The van der Waals surface area contributed by atoms with Crippen LogP contribution in [0.5, 0.6) is 5.75 Å². The molecule has 0 aromatic heterocycles. The van der Waals surface area contributed by atoms with Crippen LogP contribution < -0.4 is 10.1 Å².